The van der Waals surface area contributed by atoms with Crippen LogP contribution in [0, 0.1) is 3.57 Å². The number of aromatic nitrogens is 2. The third-order valence-corrected chi connectivity index (χ3v) is 5.59. The molecule has 2 aromatic carbocycles. The van der Waals surface area contributed by atoms with Gasteiger partial charge in [0.2, 0.25) is 0 Å². The summed E-state index contributed by atoms with van der Waals surface area (Å²) >= 11 is 2.18. The van der Waals surface area contributed by atoms with E-state index in [0.717, 1.165) is 3.57 Å². The van der Waals surface area contributed by atoms with Crippen molar-refractivity contribution < 1.29 is 23.2 Å². The van der Waals surface area contributed by atoms with Crippen LogP contribution in [0.25, 0.3) is 33.9 Å². The van der Waals surface area contributed by atoms with Gasteiger partial charge in [-0.05, 0) is 89.3 Å². The number of carbonyl (C=O) groups is 2. The Labute approximate surface area is 207 Å². The van der Waals surface area contributed by atoms with Gasteiger partial charge in [0, 0.05) is 9.26 Å². The van der Waals surface area contributed by atoms with E-state index in [1.54, 1.807) is 67.1 Å². The molecule has 5 rings (SSSR count). The molecule has 0 aliphatic heterocycles. The fourth-order valence-corrected chi connectivity index (χ4v) is 3.66. The number of ether oxygens (including phenoxy) is 1. The van der Waals surface area contributed by atoms with Crippen LogP contribution in [0.5, 0.6) is 0 Å². The number of anilines is 1. The molecule has 0 saturated heterocycles. The first kappa shape index (κ1) is 21.8. The highest BCUT2D eigenvalue weighted by Gasteiger charge is 2.18. The third kappa shape index (κ3) is 4.69. The van der Waals surface area contributed by atoms with Crippen LogP contribution in [0.1, 0.15) is 10.4 Å². The van der Waals surface area contributed by atoms with Crippen LogP contribution in [-0.4, -0.2) is 28.5 Å². The predicted molar refractivity (Wildman–Crippen MR) is 133 cm³/mol. The van der Waals surface area contributed by atoms with Gasteiger partial charge in [0.05, 0.1) is 29.1 Å². The molecule has 0 bridgehead atoms. The molecule has 8 nitrogen and oxygen atoms in total. The van der Waals surface area contributed by atoms with Gasteiger partial charge in [0.25, 0.3) is 5.91 Å². The lowest BCUT2D eigenvalue weighted by Gasteiger charge is -2.09. The van der Waals surface area contributed by atoms with Gasteiger partial charge in [-0.2, -0.15) is 0 Å². The van der Waals surface area contributed by atoms with Gasteiger partial charge in [-0.15, -0.1) is 0 Å². The Morgan fingerprint density at radius 1 is 0.853 bits per heavy atom. The molecule has 0 spiro atoms. The maximum atomic E-state index is 12.6. The second-order valence-corrected chi connectivity index (χ2v) is 8.46. The summed E-state index contributed by atoms with van der Waals surface area (Å²) in [6.07, 6.45) is 3.10. The molecule has 34 heavy (non-hydrogen) atoms. The van der Waals surface area contributed by atoms with Crippen molar-refractivity contribution in [1.29, 1.82) is 0 Å². The molecule has 9 heteroatoms. The normalized spacial score (nSPS) is 10.9. The number of nitrogens with one attached hydrogen (secondary N) is 1. The number of amides is 1. The van der Waals surface area contributed by atoms with E-state index in [9.17, 15) is 9.59 Å². The van der Waals surface area contributed by atoms with E-state index in [1.165, 1.54) is 0 Å². The van der Waals surface area contributed by atoms with E-state index in [0.29, 0.717) is 39.6 Å². The zero-order valence-corrected chi connectivity index (χ0v) is 19.7. The molecule has 168 valence electrons. The van der Waals surface area contributed by atoms with Gasteiger partial charge < -0.3 is 18.9 Å². The zero-order valence-electron chi connectivity index (χ0n) is 17.5. The van der Waals surface area contributed by atoms with Crippen molar-refractivity contribution in [2.75, 3.05) is 11.9 Å². The molecule has 0 saturated carbocycles. The number of carbonyl (C=O) groups excluding carboxylic acids is 2. The van der Waals surface area contributed by atoms with Crippen LogP contribution in [0.2, 0.25) is 0 Å². The molecule has 1 amide bonds. The molecular weight excluding hydrogens is 549 g/mol. The Hall–Kier alpha value is -3.99. The van der Waals surface area contributed by atoms with Crippen molar-refractivity contribution in [2.24, 2.45) is 0 Å². The SMILES string of the molecule is O=C(COC(=O)c1ccc2nc(-c3ccco3)c(-c3ccco3)nc2c1)Nc1ccc(I)cc1. The minimum absolute atomic E-state index is 0.250. The van der Waals surface area contributed by atoms with E-state index in [1.807, 2.05) is 12.1 Å². The molecular formula is C25H16IN3O5. The second kappa shape index (κ2) is 9.48. The Kier molecular flexibility index (Phi) is 6.09. The molecule has 0 fully saturated rings. The van der Waals surface area contributed by atoms with Crippen molar-refractivity contribution in [1.82, 2.24) is 9.97 Å². The predicted octanol–water partition coefficient (Wildman–Crippen LogP) is 5.55. The summed E-state index contributed by atoms with van der Waals surface area (Å²) in [6.45, 7) is -0.413. The molecule has 3 aromatic heterocycles. The monoisotopic (exact) mass is 565 g/mol. The minimum atomic E-state index is -0.642. The van der Waals surface area contributed by atoms with E-state index in [-0.39, 0.29) is 5.56 Å². The molecule has 0 aliphatic rings. The highest BCUT2D eigenvalue weighted by Crippen LogP contribution is 2.31. The smallest absolute Gasteiger partial charge is 0.338 e. The lowest BCUT2D eigenvalue weighted by Crippen LogP contribution is -2.20. The van der Waals surface area contributed by atoms with Crippen LogP contribution in [0.3, 0.4) is 0 Å². The number of furan rings is 2. The highest BCUT2D eigenvalue weighted by molar-refractivity contribution is 14.1. The Morgan fingerprint density at radius 3 is 2.12 bits per heavy atom. The quantitative estimate of drug-likeness (QED) is 0.213. The van der Waals surface area contributed by atoms with Gasteiger partial charge in [-0.3, -0.25) is 4.79 Å². The first-order chi connectivity index (χ1) is 16.6. The van der Waals surface area contributed by atoms with E-state index in [2.05, 4.69) is 37.9 Å². The summed E-state index contributed by atoms with van der Waals surface area (Å²) in [7, 11) is 0. The van der Waals surface area contributed by atoms with Gasteiger partial charge in [-0.25, -0.2) is 14.8 Å². The number of hydrogen-bond acceptors (Lipinski definition) is 7. The van der Waals surface area contributed by atoms with E-state index in [4.69, 9.17) is 13.6 Å². The lowest BCUT2D eigenvalue weighted by molar-refractivity contribution is -0.119. The minimum Gasteiger partial charge on any atom is -0.463 e. The van der Waals surface area contributed by atoms with Crippen LogP contribution < -0.4 is 5.32 Å². The third-order valence-electron chi connectivity index (χ3n) is 4.87. The van der Waals surface area contributed by atoms with E-state index < -0.39 is 18.5 Å². The molecule has 0 radical (unpaired) electrons. The molecule has 0 aliphatic carbocycles. The summed E-state index contributed by atoms with van der Waals surface area (Å²) < 4.78 is 17.3. The number of esters is 1. The van der Waals surface area contributed by atoms with Crippen molar-refractivity contribution in [3.05, 3.63) is 88.4 Å². The van der Waals surface area contributed by atoms with Crippen molar-refractivity contribution in [3.63, 3.8) is 0 Å². The fraction of sp³-hybridized carbons (Fsp3) is 0.0400. The summed E-state index contributed by atoms with van der Waals surface area (Å²) in [4.78, 5) is 34.1. The number of rotatable bonds is 6. The van der Waals surface area contributed by atoms with Crippen molar-refractivity contribution in [3.8, 4) is 22.9 Å². The Morgan fingerprint density at radius 2 is 1.50 bits per heavy atom. The molecule has 0 unspecified atom stereocenters. The van der Waals surface area contributed by atoms with Crippen LogP contribution in [0.15, 0.2) is 88.1 Å². The first-order valence-corrected chi connectivity index (χ1v) is 11.3. The second-order valence-electron chi connectivity index (χ2n) is 7.21. The number of nitrogens with zero attached hydrogens (tertiary/aromatic N) is 2. The maximum Gasteiger partial charge on any atom is 0.338 e. The summed E-state index contributed by atoms with van der Waals surface area (Å²) in [6, 6.07) is 19.2. The van der Waals surface area contributed by atoms with Gasteiger partial charge >= 0.3 is 5.97 Å². The van der Waals surface area contributed by atoms with Gasteiger partial charge in [0.1, 0.15) is 11.4 Å². The van der Waals surface area contributed by atoms with Crippen molar-refractivity contribution >= 4 is 51.2 Å². The summed E-state index contributed by atoms with van der Waals surface area (Å²) in [5.74, 6) is -0.0149. The average molecular weight is 565 g/mol. The number of hydrogen-bond donors (Lipinski definition) is 1. The molecule has 3 heterocycles. The molecule has 5 aromatic rings. The van der Waals surface area contributed by atoms with Crippen LogP contribution in [0.4, 0.5) is 5.69 Å². The van der Waals surface area contributed by atoms with Crippen molar-refractivity contribution in [2.45, 2.75) is 0 Å². The summed E-state index contributed by atoms with van der Waals surface area (Å²) in [5.41, 5.74) is 2.92. The number of benzene rings is 2. The standard InChI is InChI=1S/C25H16IN3O5/c26-16-6-8-17(9-7-16)27-22(30)14-34-25(31)15-5-10-18-19(13-15)29-24(21-4-2-12-33-21)23(28-18)20-3-1-11-32-20/h1-13H,14H2,(H,27,30). The average Bonchev–Trinajstić information content (AvgIpc) is 3.57. The molecule has 0 atom stereocenters. The lowest BCUT2D eigenvalue weighted by atomic mass is 10.1. The summed E-state index contributed by atoms with van der Waals surface area (Å²) in [5, 5.41) is 2.69. The highest BCUT2D eigenvalue weighted by atomic mass is 127. The Balaban J connectivity index is 1.37. The zero-order chi connectivity index (χ0) is 23.5. The van der Waals surface area contributed by atoms with Gasteiger partial charge in [-0.1, -0.05) is 0 Å². The number of halogens is 1. The first-order valence-electron chi connectivity index (χ1n) is 10.2. The topological polar surface area (TPSA) is 107 Å². The van der Waals surface area contributed by atoms with Crippen LogP contribution in [-0.2, 0) is 9.53 Å². The fourth-order valence-electron chi connectivity index (χ4n) is 3.30. The molecule has 1 N–H and O–H groups in total. The largest absolute Gasteiger partial charge is 0.463 e. The van der Waals surface area contributed by atoms with Gasteiger partial charge in [0.15, 0.2) is 18.1 Å². The van der Waals surface area contributed by atoms with E-state index >= 15 is 0 Å². The Bertz CT molecular complexity index is 1460. The van der Waals surface area contributed by atoms with Crippen LogP contribution >= 0.6 is 22.6 Å². The number of fused-ring (bicyclic) bond motifs is 1. The maximum absolute atomic E-state index is 12.6.